The zero-order valence-electron chi connectivity index (χ0n) is 12.1. The second-order valence-corrected chi connectivity index (χ2v) is 5.73. The summed E-state index contributed by atoms with van der Waals surface area (Å²) in [5, 5.41) is 10.1. The summed E-state index contributed by atoms with van der Waals surface area (Å²) < 4.78 is 26.3. The molecule has 0 aromatic heterocycles. The summed E-state index contributed by atoms with van der Waals surface area (Å²) in [7, 11) is 0. The lowest BCUT2D eigenvalue weighted by Crippen LogP contribution is -2.35. The lowest BCUT2D eigenvalue weighted by molar-refractivity contribution is 0.122. The van der Waals surface area contributed by atoms with Crippen molar-refractivity contribution in [3.63, 3.8) is 0 Å². The number of benzene rings is 1. The van der Waals surface area contributed by atoms with Crippen LogP contribution in [0, 0.1) is 11.6 Å². The molecule has 1 aromatic rings. The molecule has 4 heteroatoms. The third-order valence-corrected chi connectivity index (χ3v) is 4.35. The maximum atomic E-state index is 13.1. The normalized spacial score (nSPS) is 25.1. The predicted molar refractivity (Wildman–Crippen MR) is 75.4 cm³/mol. The molecular formula is C16H23F2NO. The monoisotopic (exact) mass is 283 g/mol. The number of hydrogen-bond donors (Lipinski definition) is 1. The molecule has 0 aliphatic carbocycles. The van der Waals surface area contributed by atoms with E-state index in [1.54, 1.807) is 0 Å². The lowest BCUT2D eigenvalue weighted by Gasteiger charge is -2.28. The van der Waals surface area contributed by atoms with Crippen molar-refractivity contribution in [2.45, 2.75) is 57.7 Å². The van der Waals surface area contributed by atoms with Crippen molar-refractivity contribution in [1.29, 1.82) is 0 Å². The molecule has 112 valence electrons. The largest absolute Gasteiger partial charge is 0.388 e. The number of aliphatic hydroxyl groups excluding tert-OH is 1. The van der Waals surface area contributed by atoms with Crippen molar-refractivity contribution in [2.24, 2.45) is 0 Å². The number of hydrogen-bond acceptors (Lipinski definition) is 2. The Balaban J connectivity index is 1.96. The van der Waals surface area contributed by atoms with E-state index >= 15 is 0 Å². The highest BCUT2D eigenvalue weighted by molar-refractivity contribution is 5.20. The van der Waals surface area contributed by atoms with Gasteiger partial charge in [0.2, 0.25) is 0 Å². The molecular weight excluding hydrogens is 260 g/mol. The van der Waals surface area contributed by atoms with Crippen LogP contribution in [0.4, 0.5) is 8.78 Å². The summed E-state index contributed by atoms with van der Waals surface area (Å²) >= 11 is 0. The minimum atomic E-state index is -0.814. The van der Waals surface area contributed by atoms with Crippen LogP contribution in [0.5, 0.6) is 0 Å². The van der Waals surface area contributed by atoms with Gasteiger partial charge in [-0.05, 0) is 50.3 Å². The maximum Gasteiger partial charge on any atom is 0.126 e. The van der Waals surface area contributed by atoms with Crippen molar-refractivity contribution in [3.8, 4) is 0 Å². The number of rotatable bonds is 5. The summed E-state index contributed by atoms with van der Waals surface area (Å²) in [6.07, 6.45) is 3.18. The number of nitrogens with zero attached hydrogens (tertiary/aromatic N) is 1. The first kappa shape index (κ1) is 15.4. The SMILES string of the molecule is CCC1CCC(C)N1CCC(O)c1cc(F)cc(F)c1. The molecule has 0 spiro atoms. The standard InChI is InChI=1S/C16H23F2NO/c1-3-15-5-4-11(2)19(15)7-6-16(20)12-8-13(17)10-14(18)9-12/h8-11,15-16,20H,3-7H2,1-2H3. The molecule has 1 saturated heterocycles. The lowest BCUT2D eigenvalue weighted by atomic mass is 10.1. The van der Waals surface area contributed by atoms with Crippen LogP contribution in [-0.2, 0) is 0 Å². The third-order valence-electron chi connectivity index (χ3n) is 4.35. The molecule has 2 rings (SSSR count). The van der Waals surface area contributed by atoms with Gasteiger partial charge in [0.1, 0.15) is 11.6 Å². The van der Waals surface area contributed by atoms with E-state index in [4.69, 9.17) is 0 Å². The van der Waals surface area contributed by atoms with Crippen molar-refractivity contribution in [2.75, 3.05) is 6.54 Å². The van der Waals surface area contributed by atoms with E-state index in [-0.39, 0.29) is 0 Å². The second-order valence-electron chi connectivity index (χ2n) is 5.73. The summed E-state index contributed by atoms with van der Waals surface area (Å²) in [5.74, 6) is -1.28. The predicted octanol–water partition coefficient (Wildman–Crippen LogP) is 3.65. The van der Waals surface area contributed by atoms with E-state index in [2.05, 4.69) is 18.7 Å². The zero-order chi connectivity index (χ0) is 14.7. The van der Waals surface area contributed by atoms with Gasteiger partial charge in [-0.25, -0.2) is 8.78 Å². The van der Waals surface area contributed by atoms with Crippen LogP contribution in [0.3, 0.4) is 0 Å². The minimum absolute atomic E-state index is 0.322. The van der Waals surface area contributed by atoms with Gasteiger partial charge >= 0.3 is 0 Å². The molecule has 1 fully saturated rings. The van der Waals surface area contributed by atoms with E-state index < -0.39 is 17.7 Å². The molecule has 2 nitrogen and oxygen atoms in total. The fourth-order valence-corrected chi connectivity index (χ4v) is 3.17. The van der Waals surface area contributed by atoms with Crippen molar-refractivity contribution >= 4 is 0 Å². The number of halogens is 2. The van der Waals surface area contributed by atoms with E-state index in [0.29, 0.717) is 24.1 Å². The molecule has 1 heterocycles. The highest BCUT2D eigenvalue weighted by Crippen LogP contribution is 2.28. The van der Waals surface area contributed by atoms with Crippen LogP contribution in [0.1, 0.15) is 51.2 Å². The van der Waals surface area contributed by atoms with Crippen LogP contribution in [0.25, 0.3) is 0 Å². The molecule has 1 aromatic carbocycles. The summed E-state index contributed by atoms with van der Waals surface area (Å²) in [6, 6.07) is 4.33. The quantitative estimate of drug-likeness (QED) is 0.891. The Kier molecular flexibility index (Phi) is 5.11. The maximum absolute atomic E-state index is 13.1. The first-order valence-corrected chi connectivity index (χ1v) is 7.41. The van der Waals surface area contributed by atoms with E-state index in [1.807, 2.05) is 0 Å². The van der Waals surface area contributed by atoms with Gasteiger partial charge in [-0.3, -0.25) is 4.90 Å². The molecule has 1 N–H and O–H groups in total. The Hall–Kier alpha value is -1.00. The Morgan fingerprint density at radius 3 is 2.50 bits per heavy atom. The molecule has 3 unspecified atom stereocenters. The molecule has 3 atom stereocenters. The fraction of sp³-hybridized carbons (Fsp3) is 0.625. The first-order chi connectivity index (χ1) is 9.51. The highest BCUT2D eigenvalue weighted by atomic mass is 19.1. The highest BCUT2D eigenvalue weighted by Gasteiger charge is 2.29. The van der Waals surface area contributed by atoms with E-state index in [9.17, 15) is 13.9 Å². The molecule has 0 saturated carbocycles. The molecule has 20 heavy (non-hydrogen) atoms. The van der Waals surface area contributed by atoms with Crippen LogP contribution >= 0.6 is 0 Å². The zero-order valence-corrected chi connectivity index (χ0v) is 12.1. The first-order valence-electron chi connectivity index (χ1n) is 7.41. The summed E-state index contributed by atoms with van der Waals surface area (Å²) in [5.41, 5.74) is 0.322. The van der Waals surface area contributed by atoms with Gasteiger partial charge in [0.25, 0.3) is 0 Å². The van der Waals surface area contributed by atoms with Crippen LogP contribution in [-0.4, -0.2) is 28.6 Å². The Bertz CT molecular complexity index is 432. The van der Waals surface area contributed by atoms with Crippen LogP contribution < -0.4 is 0 Å². The minimum Gasteiger partial charge on any atom is -0.388 e. The average molecular weight is 283 g/mol. The summed E-state index contributed by atoms with van der Waals surface area (Å²) in [6.45, 7) is 5.14. The average Bonchev–Trinajstić information content (AvgIpc) is 2.75. The van der Waals surface area contributed by atoms with Crippen molar-refractivity contribution < 1.29 is 13.9 Å². The van der Waals surface area contributed by atoms with Gasteiger partial charge in [-0.1, -0.05) is 6.92 Å². The molecule has 0 bridgehead atoms. The van der Waals surface area contributed by atoms with Gasteiger partial charge < -0.3 is 5.11 Å². The van der Waals surface area contributed by atoms with E-state index in [1.165, 1.54) is 25.0 Å². The molecule has 1 aliphatic heterocycles. The summed E-state index contributed by atoms with van der Waals surface area (Å²) in [4.78, 5) is 2.40. The van der Waals surface area contributed by atoms with Gasteiger partial charge in [0, 0.05) is 24.7 Å². The van der Waals surface area contributed by atoms with Gasteiger partial charge in [-0.15, -0.1) is 0 Å². The van der Waals surface area contributed by atoms with Crippen molar-refractivity contribution in [1.82, 2.24) is 4.90 Å². The van der Waals surface area contributed by atoms with Crippen LogP contribution in [0.15, 0.2) is 18.2 Å². The van der Waals surface area contributed by atoms with Gasteiger partial charge in [0.05, 0.1) is 6.10 Å². The van der Waals surface area contributed by atoms with Gasteiger partial charge in [0.15, 0.2) is 0 Å². The Morgan fingerprint density at radius 2 is 1.90 bits per heavy atom. The van der Waals surface area contributed by atoms with Gasteiger partial charge in [-0.2, -0.15) is 0 Å². The van der Waals surface area contributed by atoms with Crippen molar-refractivity contribution in [3.05, 3.63) is 35.4 Å². The molecule has 0 amide bonds. The number of likely N-dealkylation sites (tertiary alicyclic amines) is 1. The number of aliphatic hydroxyl groups is 1. The fourth-order valence-electron chi connectivity index (χ4n) is 3.17. The Labute approximate surface area is 119 Å². The molecule has 1 aliphatic rings. The molecule has 0 radical (unpaired) electrons. The van der Waals surface area contributed by atoms with E-state index in [0.717, 1.165) is 19.0 Å². The Morgan fingerprint density at radius 1 is 1.25 bits per heavy atom. The second kappa shape index (κ2) is 6.64. The third kappa shape index (κ3) is 3.55. The smallest absolute Gasteiger partial charge is 0.126 e. The topological polar surface area (TPSA) is 23.5 Å². The van der Waals surface area contributed by atoms with Crippen LogP contribution in [0.2, 0.25) is 0 Å².